The Kier molecular flexibility index (Phi) is 58.4. The molecule has 0 aliphatic carbocycles. The first-order chi connectivity index (χ1) is 38.0. The molecule has 2 N–H and O–H groups in total. The molecule has 0 bridgehead atoms. The Balaban J connectivity index is 3.95. The third kappa shape index (κ3) is 61.8. The molecular weight excluding hydrogens is 984 g/mol. The molecule has 0 spiro atoms. The number of carbonyl (C=O) groups is 1. The lowest BCUT2D eigenvalue weighted by Gasteiger charge is -2.29. The quantitative estimate of drug-likeness (QED) is 0.0272. The molecule has 9 heteroatoms. The van der Waals surface area contributed by atoms with Crippen molar-refractivity contribution < 1.29 is 32.9 Å². The van der Waals surface area contributed by atoms with Gasteiger partial charge in [0.1, 0.15) is 13.2 Å². The van der Waals surface area contributed by atoms with Crippen LogP contribution in [0.2, 0.25) is 0 Å². The van der Waals surface area contributed by atoms with Gasteiger partial charge in [-0.1, -0.05) is 299 Å². The van der Waals surface area contributed by atoms with Crippen LogP contribution in [0.5, 0.6) is 0 Å². The number of aliphatic hydroxyl groups excluding tert-OH is 1. The highest BCUT2D eigenvalue weighted by Gasteiger charge is 2.23. The normalized spacial score (nSPS) is 14.1. The van der Waals surface area contributed by atoms with E-state index in [9.17, 15) is 19.4 Å². The molecule has 0 fully saturated rings. The molecule has 78 heavy (non-hydrogen) atoms. The van der Waals surface area contributed by atoms with E-state index in [0.717, 1.165) is 51.4 Å². The van der Waals surface area contributed by atoms with E-state index in [2.05, 4.69) is 67.8 Å². The van der Waals surface area contributed by atoms with Crippen molar-refractivity contribution in [3.05, 3.63) is 60.8 Å². The van der Waals surface area contributed by atoms with Gasteiger partial charge in [-0.2, -0.15) is 0 Å². The van der Waals surface area contributed by atoms with Crippen molar-refractivity contribution in [3.63, 3.8) is 0 Å². The van der Waals surface area contributed by atoms with E-state index in [0.29, 0.717) is 17.4 Å². The van der Waals surface area contributed by atoms with Crippen LogP contribution in [0.25, 0.3) is 0 Å². The summed E-state index contributed by atoms with van der Waals surface area (Å²) in [5, 5.41) is 13.9. The summed E-state index contributed by atoms with van der Waals surface area (Å²) in [6.07, 6.45) is 82.1. The number of phosphoric acid groups is 1. The Labute approximate surface area is 485 Å². The van der Waals surface area contributed by atoms with Gasteiger partial charge >= 0.3 is 0 Å². The lowest BCUT2D eigenvalue weighted by Crippen LogP contribution is -2.45. The van der Waals surface area contributed by atoms with Crippen molar-refractivity contribution in [2.45, 2.75) is 334 Å². The van der Waals surface area contributed by atoms with Gasteiger partial charge in [-0.3, -0.25) is 9.36 Å². The number of allylic oxidation sites excluding steroid dienone is 9. The topological polar surface area (TPSA) is 108 Å². The molecule has 8 nitrogen and oxygen atoms in total. The molecule has 0 heterocycles. The first-order valence-corrected chi connectivity index (χ1v) is 35.1. The van der Waals surface area contributed by atoms with Gasteiger partial charge in [-0.05, 0) is 77.0 Å². The van der Waals surface area contributed by atoms with Crippen molar-refractivity contribution in [2.75, 3.05) is 40.9 Å². The summed E-state index contributed by atoms with van der Waals surface area (Å²) in [5.74, 6) is -0.207. The predicted octanol–water partition coefficient (Wildman–Crippen LogP) is 20.6. The number of nitrogens with one attached hydrogen (secondary N) is 1. The standard InChI is InChI=1S/C69H131N2O6P/c1-6-8-10-12-14-16-18-20-22-24-25-26-27-28-29-30-31-32-33-34-35-36-37-38-39-40-41-42-43-44-45-47-49-51-53-55-57-59-61-63-69(73)70-67(66-77-78(74,75)76-65-64-71(3,4)5)68(72)62-60-58-56-54-52-50-48-46-23-21-19-17-15-13-11-9-7-2/h18,20,23-25,46,52,54,60,62,67-68,72H,6-17,19,21-22,26-45,47-51,53,55-59,61,63-66H2,1-5H3,(H-,70,73,74,75)/b20-18-,25-24-,46-23+,54-52+,62-60+. The van der Waals surface area contributed by atoms with Gasteiger partial charge in [0.2, 0.25) is 5.91 Å². The third-order valence-electron chi connectivity index (χ3n) is 15.2. The second kappa shape index (κ2) is 59.8. The van der Waals surface area contributed by atoms with Gasteiger partial charge in [0, 0.05) is 6.42 Å². The molecule has 0 rings (SSSR count). The van der Waals surface area contributed by atoms with Crippen LogP contribution in [0.4, 0.5) is 0 Å². The maximum absolute atomic E-state index is 13.0. The van der Waals surface area contributed by atoms with Crippen LogP contribution in [0.1, 0.15) is 322 Å². The highest BCUT2D eigenvalue weighted by molar-refractivity contribution is 7.45. The minimum atomic E-state index is -4.61. The summed E-state index contributed by atoms with van der Waals surface area (Å²) >= 11 is 0. The molecule has 0 aromatic rings. The number of rotatable bonds is 62. The van der Waals surface area contributed by atoms with Crippen molar-refractivity contribution in [1.29, 1.82) is 0 Å². The summed E-state index contributed by atoms with van der Waals surface area (Å²) in [5.41, 5.74) is 0. The van der Waals surface area contributed by atoms with Gasteiger partial charge in [0.15, 0.2) is 0 Å². The number of hydrogen-bond donors (Lipinski definition) is 2. The number of amides is 1. The molecule has 3 unspecified atom stereocenters. The van der Waals surface area contributed by atoms with Crippen molar-refractivity contribution >= 4 is 13.7 Å². The first-order valence-electron chi connectivity index (χ1n) is 33.7. The molecule has 1 amide bonds. The zero-order valence-electron chi connectivity index (χ0n) is 52.4. The zero-order valence-corrected chi connectivity index (χ0v) is 53.3. The summed E-state index contributed by atoms with van der Waals surface area (Å²) in [6.45, 7) is 4.63. The Bertz CT molecular complexity index is 1450. The highest BCUT2D eigenvalue weighted by Crippen LogP contribution is 2.38. The molecule has 0 radical (unpaired) electrons. The number of nitrogens with zero attached hydrogens (tertiary/aromatic N) is 1. The number of hydrogen-bond acceptors (Lipinski definition) is 6. The average Bonchev–Trinajstić information content (AvgIpc) is 3.40. The fraction of sp³-hybridized carbons (Fsp3) is 0.841. The second-order valence-corrected chi connectivity index (χ2v) is 25.6. The Morgan fingerprint density at radius 1 is 0.449 bits per heavy atom. The van der Waals surface area contributed by atoms with E-state index < -0.39 is 26.6 Å². The van der Waals surface area contributed by atoms with Crippen LogP contribution in [-0.2, 0) is 18.4 Å². The molecule has 0 saturated carbocycles. The zero-order chi connectivity index (χ0) is 57.0. The Morgan fingerprint density at radius 3 is 1.12 bits per heavy atom. The molecule has 0 aromatic heterocycles. The number of unbranched alkanes of at least 4 members (excludes halogenated alkanes) is 41. The van der Waals surface area contributed by atoms with E-state index in [1.807, 2.05) is 27.2 Å². The van der Waals surface area contributed by atoms with Crippen molar-refractivity contribution in [1.82, 2.24) is 5.32 Å². The smallest absolute Gasteiger partial charge is 0.268 e. The molecule has 3 atom stereocenters. The van der Waals surface area contributed by atoms with Gasteiger partial charge < -0.3 is 28.8 Å². The van der Waals surface area contributed by atoms with Crippen LogP contribution in [0, 0.1) is 0 Å². The number of phosphoric ester groups is 1. The number of likely N-dealkylation sites (N-methyl/N-ethyl adjacent to an activating group) is 1. The maximum atomic E-state index is 13.0. The predicted molar refractivity (Wildman–Crippen MR) is 339 cm³/mol. The van der Waals surface area contributed by atoms with Crippen LogP contribution in [0.15, 0.2) is 60.8 Å². The van der Waals surface area contributed by atoms with Gasteiger partial charge in [-0.25, -0.2) is 0 Å². The van der Waals surface area contributed by atoms with E-state index in [4.69, 9.17) is 9.05 Å². The average molecular weight is 1120 g/mol. The van der Waals surface area contributed by atoms with Gasteiger partial charge in [0.05, 0.1) is 39.9 Å². The third-order valence-corrected chi connectivity index (χ3v) is 16.1. The summed E-state index contributed by atoms with van der Waals surface area (Å²) in [6, 6.07) is -0.910. The molecule has 0 aliphatic heterocycles. The lowest BCUT2D eigenvalue weighted by atomic mass is 10.0. The van der Waals surface area contributed by atoms with Crippen LogP contribution >= 0.6 is 7.82 Å². The van der Waals surface area contributed by atoms with E-state index in [1.165, 1.54) is 250 Å². The summed E-state index contributed by atoms with van der Waals surface area (Å²) in [4.78, 5) is 25.5. The highest BCUT2D eigenvalue weighted by atomic mass is 31.2. The maximum Gasteiger partial charge on any atom is 0.268 e. The van der Waals surface area contributed by atoms with Crippen LogP contribution < -0.4 is 10.2 Å². The molecule has 0 aliphatic rings. The minimum Gasteiger partial charge on any atom is -0.756 e. The van der Waals surface area contributed by atoms with Gasteiger partial charge in [-0.15, -0.1) is 0 Å². The molecule has 0 saturated heterocycles. The number of carbonyl (C=O) groups excluding carboxylic acids is 1. The lowest BCUT2D eigenvalue weighted by molar-refractivity contribution is -0.870. The molecule has 458 valence electrons. The first kappa shape index (κ1) is 76.2. The van der Waals surface area contributed by atoms with Crippen molar-refractivity contribution in [3.8, 4) is 0 Å². The SMILES string of the molecule is CCCCCCC/C=C\C/C=C\CCCCCCCCCCCCCCCCCCCCCCCCCCCCCC(=O)NC(COP(=O)([O-])OCC[N+](C)(C)C)C(O)/C=C/CC/C=C/CC/C=C/CCCCCCCCC. The number of quaternary nitrogens is 1. The fourth-order valence-electron chi connectivity index (χ4n) is 9.92. The van der Waals surface area contributed by atoms with Crippen LogP contribution in [-0.4, -0.2) is 68.5 Å². The summed E-state index contributed by atoms with van der Waals surface area (Å²) in [7, 11) is 1.24. The fourth-order valence-corrected chi connectivity index (χ4v) is 10.6. The van der Waals surface area contributed by atoms with Crippen molar-refractivity contribution in [2.24, 2.45) is 0 Å². The monoisotopic (exact) mass is 1110 g/mol. The van der Waals surface area contributed by atoms with E-state index in [1.54, 1.807) is 6.08 Å². The molecule has 0 aromatic carbocycles. The van der Waals surface area contributed by atoms with E-state index >= 15 is 0 Å². The summed E-state index contributed by atoms with van der Waals surface area (Å²) < 4.78 is 23.4. The molecular formula is C69H131N2O6P. The Morgan fingerprint density at radius 2 is 0.756 bits per heavy atom. The van der Waals surface area contributed by atoms with E-state index in [-0.39, 0.29) is 12.5 Å². The number of aliphatic hydroxyl groups is 1. The minimum absolute atomic E-state index is 0.00859. The van der Waals surface area contributed by atoms with Crippen LogP contribution in [0.3, 0.4) is 0 Å². The van der Waals surface area contributed by atoms with Gasteiger partial charge in [0.25, 0.3) is 7.82 Å². The largest absolute Gasteiger partial charge is 0.756 e. The Hall–Kier alpha value is -1.80. The second-order valence-electron chi connectivity index (χ2n) is 24.2.